The monoisotopic (exact) mass is 321 g/mol. The zero-order valence-corrected chi connectivity index (χ0v) is 9.70. The van der Waals surface area contributed by atoms with Crippen molar-refractivity contribution >= 4 is 49.7 Å². The standard InChI is InChI=1S/C8H4INO3S/c9-8-2-4-1-5(10(12)13)6(11)3-7(4)14-8/h1-3,11H. The molecule has 0 fully saturated rings. The number of nitrogens with zero attached hydrogens (tertiary/aromatic N) is 1. The molecule has 0 atom stereocenters. The van der Waals surface area contributed by atoms with Crippen molar-refractivity contribution in [2.24, 2.45) is 0 Å². The van der Waals surface area contributed by atoms with Crippen LogP contribution in [0.2, 0.25) is 0 Å². The summed E-state index contributed by atoms with van der Waals surface area (Å²) in [5, 5.41) is 20.7. The fourth-order valence-corrected chi connectivity index (χ4v) is 3.03. The van der Waals surface area contributed by atoms with Crippen molar-refractivity contribution in [2.45, 2.75) is 0 Å². The molecule has 2 rings (SSSR count). The molecule has 2 aromatic rings. The van der Waals surface area contributed by atoms with Crippen molar-refractivity contribution < 1.29 is 10.0 Å². The van der Waals surface area contributed by atoms with Crippen molar-refractivity contribution in [3.05, 3.63) is 31.2 Å². The van der Waals surface area contributed by atoms with Crippen LogP contribution in [0.5, 0.6) is 5.75 Å². The van der Waals surface area contributed by atoms with E-state index in [0.717, 1.165) is 13.0 Å². The molecule has 1 heterocycles. The number of phenolic OH excluding ortho intramolecular Hbond substituents is 1. The van der Waals surface area contributed by atoms with Crippen LogP contribution in [-0.4, -0.2) is 10.0 Å². The number of phenols is 1. The largest absolute Gasteiger partial charge is 0.502 e. The Morgan fingerprint density at radius 2 is 2.14 bits per heavy atom. The lowest BCUT2D eigenvalue weighted by Crippen LogP contribution is -1.87. The molecule has 0 unspecified atom stereocenters. The van der Waals surface area contributed by atoms with Gasteiger partial charge in [0.05, 0.1) is 7.81 Å². The first-order valence-corrected chi connectivity index (χ1v) is 5.54. The number of nitro benzene ring substituents is 1. The van der Waals surface area contributed by atoms with Crippen LogP contribution in [0.1, 0.15) is 0 Å². The number of rotatable bonds is 1. The molecule has 1 aromatic carbocycles. The Balaban J connectivity index is 2.76. The zero-order chi connectivity index (χ0) is 10.3. The van der Waals surface area contributed by atoms with Crippen LogP contribution in [0.3, 0.4) is 0 Å². The van der Waals surface area contributed by atoms with Crippen LogP contribution in [0.15, 0.2) is 18.2 Å². The van der Waals surface area contributed by atoms with Crippen LogP contribution >= 0.6 is 33.9 Å². The van der Waals surface area contributed by atoms with Gasteiger partial charge in [0, 0.05) is 22.2 Å². The van der Waals surface area contributed by atoms with E-state index in [9.17, 15) is 15.2 Å². The minimum absolute atomic E-state index is 0.244. The van der Waals surface area contributed by atoms with E-state index in [2.05, 4.69) is 22.6 Å². The summed E-state index contributed by atoms with van der Waals surface area (Å²) in [5.41, 5.74) is -0.244. The summed E-state index contributed by atoms with van der Waals surface area (Å²) in [6.45, 7) is 0. The van der Waals surface area contributed by atoms with E-state index in [-0.39, 0.29) is 11.4 Å². The minimum atomic E-state index is -0.584. The predicted octanol–water partition coefficient (Wildman–Crippen LogP) is 3.12. The number of hydrogen-bond acceptors (Lipinski definition) is 4. The lowest BCUT2D eigenvalue weighted by molar-refractivity contribution is -0.385. The van der Waals surface area contributed by atoms with Gasteiger partial charge in [0.2, 0.25) is 0 Å². The summed E-state index contributed by atoms with van der Waals surface area (Å²) in [5.74, 6) is -0.277. The molecule has 4 nitrogen and oxygen atoms in total. The van der Waals surface area contributed by atoms with Gasteiger partial charge in [0.1, 0.15) is 0 Å². The molecule has 0 aliphatic carbocycles. The third kappa shape index (κ3) is 1.55. The number of aromatic hydroxyl groups is 1. The molecule has 6 heteroatoms. The summed E-state index contributed by atoms with van der Waals surface area (Å²) < 4.78 is 1.90. The van der Waals surface area contributed by atoms with Crippen LogP contribution in [0, 0.1) is 13.0 Å². The van der Waals surface area contributed by atoms with Gasteiger partial charge in [-0.15, -0.1) is 11.3 Å². The zero-order valence-electron chi connectivity index (χ0n) is 6.73. The highest BCUT2D eigenvalue weighted by atomic mass is 127. The van der Waals surface area contributed by atoms with Gasteiger partial charge in [0.25, 0.3) is 0 Å². The summed E-state index contributed by atoms with van der Waals surface area (Å²) >= 11 is 3.63. The third-order valence-corrected chi connectivity index (χ3v) is 3.64. The number of benzene rings is 1. The highest BCUT2D eigenvalue weighted by Crippen LogP contribution is 2.35. The molecule has 1 N–H and O–H groups in total. The second kappa shape index (κ2) is 3.35. The van der Waals surface area contributed by atoms with E-state index in [1.807, 2.05) is 6.07 Å². The van der Waals surface area contributed by atoms with Crippen LogP contribution < -0.4 is 0 Å². The molecule has 0 radical (unpaired) electrons. The molecule has 0 bridgehead atoms. The van der Waals surface area contributed by atoms with E-state index < -0.39 is 4.92 Å². The lowest BCUT2D eigenvalue weighted by Gasteiger charge is -1.95. The van der Waals surface area contributed by atoms with Crippen molar-refractivity contribution in [1.29, 1.82) is 0 Å². The SMILES string of the molecule is O=[N+]([O-])c1cc2cc(I)sc2cc1O. The molecule has 0 aliphatic heterocycles. The van der Waals surface area contributed by atoms with Gasteiger partial charge in [-0.3, -0.25) is 10.1 Å². The molecule has 0 aliphatic rings. The van der Waals surface area contributed by atoms with Gasteiger partial charge in [-0.05, 0) is 28.7 Å². The first-order valence-electron chi connectivity index (χ1n) is 3.64. The Hall–Kier alpha value is -0.890. The second-order valence-corrected chi connectivity index (χ2v) is 5.66. The number of halogens is 1. The topological polar surface area (TPSA) is 63.4 Å². The van der Waals surface area contributed by atoms with Crippen molar-refractivity contribution in [1.82, 2.24) is 0 Å². The number of nitro groups is 1. The fraction of sp³-hybridized carbons (Fsp3) is 0. The first kappa shape index (κ1) is 9.66. The highest BCUT2D eigenvalue weighted by molar-refractivity contribution is 14.1. The Kier molecular flexibility index (Phi) is 2.31. The number of thiophene rings is 1. The Bertz CT molecular complexity index is 523. The van der Waals surface area contributed by atoms with E-state index in [0.29, 0.717) is 0 Å². The van der Waals surface area contributed by atoms with E-state index in [1.165, 1.54) is 23.5 Å². The summed E-state index contributed by atoms with van der Waals surface area (Å²) in [4.78, 5) is 9.94. The van der Waals surface area contributed by atoms with Gasteiger partial charge in [-0.2, -0.15) is 0 Å². The van der Waals surface area contributed by atoms with Gasteiger partial charge in [-0.1, -0.05) is 0 Å². The maximum absolute atomic E-state index is 10.5. The molecule has 14 heavy (non-hydrogen) atoms. The van der Waals surface area contributed by atoms with Gasteiger partial charge < -0.3 is 5.11 Å². The van der Waals surface area contributed by atoms with Crippen LogP contribution in [0.25, 0.3) is 10.1 Å². The average Bonchev–Trinajstić information content (AvgIpc) is 2.42. The second-order valence-electron chi connectivity index (χ2n) is 2.69. The van der Waals surface area contributed by atoms with E-state index in [4.69, 9.17) is 0 Å². The highest BCUT2D eigenvalue weighted by Gasteiger charge is 2.15. The summed E-state index contributed by atoms with van der Waals surface area (Å²) in [7, 11) is 0. The predicted molar refractivity (Wildman–Crippen MR) is 62.9 cm³/mol. The number of fused-ring (bicyclic) bond motifs is 1. The van der Waals surface area contributed by atoms with Crippen LogP contribution in [-0.2, 0) is 0 Å². The third-order valence-electron chi connectivity index (χ3n) is 1.78. The Labute approximate surface area is 96.5 Å². The maximum atomic E-state index is 10.5. The normalized spacial score (nSPS) is 10.6. The van der Waals surface area contributed by atoms with Gasteiger partial charge in [0.15, 0.2) is 5.75 Å². The first-order chi connectivity index (χ1) is 6.58. The summed E-state index contributed by atoms with van der Waals surface area (Å²) in [6.07, 6.45) is 0. The maximum Gasteiger partial charge on any atom is 0.311 e. The average molecular weight is 321 g/mol. The molecule has 0 amide bonds. The van der Waals surface area contributed by atoms with Gasteiger partial charge >= 0.3 is 5.69 Å². The van der Waals surface area contributed by atoms with E-state index >= 15 is 0 Å². The Morgan fingerprint density at radius 3 is 2.79 bits per heavy atom. The minimum Gasteiger partial charge on any atom is -0.502 e. The fourth-order valence-electron chi connectivity index (χ4n) is 1.18. The van der Waals surface area contributed by atoms with E-state index in [1.54, 1.807) is 0 Å². The number of hydrogen-bond donors (Lipinski definition) is 1. The molecular formula is C8H4INO3S. The molecule has 0 spiro atoms. The van der Waals surface area contributed by atoms with Crippen molar-refractivity contribution in [3.8, 4) is 5.75 Å². The van der Waals surface area contributed by atoms with Crippen molar-refractivity contribution in [2.75, 3.05) is 0 Å². The Morgan fingerprint density at radius 1 is 1.43 bits per heavy atom. The van der Waals surface area contributed by atoms with Gasteiger partial charge in [-0.25, -0.2) is 0 Å². The molecule has 72 valence electrons. The molecule has 1 aromatic heterocycles. The molecule has 0 saturated heterocycles. The van der Waals surface area contributed by atoms with Crippen molar-refractivity contribution in [3.63, 3.8) is 0 Å². The smallest absolute Gasteiger partial charge is 0.311 e. The molecular weight excluding hydrogens is 317 g/mol. The van der Waals surface area contributed by atoms with Crippen LogP contribution in [0.4, 0.5) is 5.69 Å². The lowest BCUT2D eigenvalue weighted by atomic mass is 10.2. The quantitative estimate of drug-likeness (QED) is 0.499. The molecule has 0 saturated carbocycles. The summed E-state index contributed by atoms with van der Waals surface area (Å²) in [6, 6.07) is 4.68.